The number of piperidine rings is 1. The van der Waals surface area contributed by atoms with Crippen LogP contribution in [0.15, 0.2) is 42.5 Å². The summed E-state index contributed by atoms with van der Waals surface area (Å²) in [5.41, 5.74) is 1.56. The van der Waals surface area contributed by atoms with Crippen molar-refractivity contribution >= 4 is 27.5 Å². The number of hydrogen-bond acceptors (Lipinski definition) is 6. The van der Waals surface area contributed by atoms with E-state index in [1.165, 1.54) is 11.3 Å². The smallest absolute Gasteiger partial charge is 0.274 e. The number of amides is 1. The Kier molecular flexibility index (Phi) is 5.34. The molecule has 1 fully saturated rings. The van der Waals surface area contributed by atoms with Crippen molar-refractivity contribution in [2.24, 2.45) is 0 Å². The van der Waals surface area contributed by atoms with Crippen LogP contribution < -0.4 is 14.2 Å². The average Bonchev–Trinajstić information content (AvgIpc) is 3.15. The van der Waals surface area contributed by atoms with Gasteiger partial charge in [-0.3, -0.25) is 4.79 Å². The molecule has 0 radical (unpaired) electrons. The molecule has 0 N–H and O–H groups in total. The SMILES string of the molecule is COc1cccc(C(=O)N2CCC(Oc3nc4ccc(OC)cc4s3)CC2)c1. The van der Waals surface area contributed by atoms with E-state index in [4.69, 9.17) is 14.2 Å². The lowest BCUT2D eigenvalue weighted by Crippen LogP contribution is -2.41. The van der Waals surface area contributed by atoms with Crippen molar-refractivity contribution in [3.8, 4) is 16.7 Å². The minimum Gasteiger partial charge on any atom is -0.497 e. The number of ether oxygens (including phenoxy) is 3. The first kappa shape index (κ1) is 18.6. The molecule has 28 heavy (non-hydrogen) atoms. The highest BCUT2D eigenvalue weighted by Crippen LogP contribution is 2.32. The van der Waals surface area contributed by atoms with Gasteiger partial charge in [0.25, 0.3) is 11.1 Å². The maximum atomic E-state index is 12.7. The Bertz CT molecular complexity index is 979. The largest absolute Gasteiger partial charge is 0.497 e. The van der Waals surface area contributed by atoms with Crippen LogP contribution in [0.2, 0.25) is 0 Å². The molecule has 0 spiro atoms. The molecule has 0 atom stereocenters. The standard InChI is InChI=1S/C21H22N2O4S/c1-25-16-5-3-4-14(12-16)20(24)23-10-8-15(9-11-23)27-21-22-18-7-6-17(26-2)13-19(18)28-21/h3-7,12-13,15H,8-11H2,1-2H3. The lowest BCUT2D eigenvalue weighted by atomic mass is 10.1. The van der Waals surface area contributed by atoms with Crippen LogP contribution in [-0.4, -0.2) is 49.2 Å². The number of thiazole rings is 1. The third-order valence-electron chi connectivity index (χ3n) is 4.89. The van der Waals surface area contributed by atoms with E-state index >= 15 is 0 Å². The number of likely N-dealkylation sites (tertiary alicyclic amines) is 1. The lowest BCUT2D eigenvalue weighted by molar-refractivity contribution is 0.0595. The van der Waals surface area contributed by atoms with Crippen molar-refractivity contribution in [3.63, 3.8) is 0 Å². The van der Waals surface area contributed by atoms with Gasteiger partial charge in [0.05, 0.1) is 24.4 Å². The van der Waals surface area contributed by atoms with E-state index in [0.717, 1.165) is 28.8 Å². The number of benzene rings is 2. The quantitative estimate of drug-likeness (QED) is 0.650. The number of rotatable bonds is 5. The van der Waals surface area contributed by atoms with Crippen LogP contribution in [0.3, 0.4) is 0 Å². The third kappa shape index (κ3) is 3.89. The highest BCUT2D eigenvalue weighted by Gasteiger charge is 2.25. The van der Waals surface area contributed by atoms with Gasteiger partial charge in [-0.2, -0.15) is 0 Å². The van der Waals surface area contributed by atoms with Gasteiger partial charge in [0.15, 0.2) is 0 Å². The molecule has 2 aromatic carbocycles. The number of nitrogens with zero attached hydrogens (tertiary/aromatic N) is 2. The number of carbonyl (C=O) groups excluding carboxylic acids is 1. The molecule has 3 aromatic rings. The summed E-state index contributed by atoms with van der Waals surface area (Å²) in [7, 11) is 3.25. The normalized spacial score (nSPS) is 14.9. The summed E-state index contributed by atoms with van der Waals surface area (Å²) < 4.78 is 17.6. The summed E-state index contributed by atoms with van der Waals surface area (Å²) in [6.07, 6.45) is 1.64. The van der Waals surface area contributed by atoms with Gasteiger partial charge < -0.3 is 19.1 Å². The average molecular weight is 398 g/mol. The fourth-order valence-corrected chi connectivity index (χ4v) is 4.23. The van der Waals surface area contributed by atoms with Gasteiger partial charge in [-0.25, -0.2) is 4.98 Å². The monoisotopic (exact) mass is 398 g/mol. The van der Waals surface area contributed by atoms with Crippen molar-refractivity contribution in [1.82, 2.24) is 9.88 Å². The molecule has 4 rings (SSSR count). The van der Waals surface area contributed by atoms with Crippen molar-refractivity contribution in [1.29, 1.82) is 0 Å². The molecule has 1 aliphatic rings. The first-order valence-electron chi connectivity index (χ1n) is 9.21. The topological polar surface area (TPSA) is 60.9 Å². The highest BCUT2D eigenvalue weighted by molar-refractivity contribution is 7.20. The molecule has 0 aliphatic carbocycles. The molecule has 7 heteroatoms. The van der Waals surface area contributed by atoms with Crippen molar-refractivity contribution in [2.45, 2.75) is 18.9 Å². The summed E-state index contributed by atoms with van der Waals surface area (Å²) in [5, 5.41) is 0.667. The fourth-order valence-electron chi connectivity index (χ4n) is 3.32. The zero-order valence-corrected chi connectivity index (χ0v) is 16.7. The Morgan fingerprint density at radius 2 is 1.82 bits per heavy atom. The van der Waals surface area contributed by atoms with Crippen LogP contribution in [0.4, 0.5) is 0 Å². The minimum atomic E-state index is 0.0319. The molecule has 146 valence electrons. The Morgan fingerprint density at radius 3 is 2.57 bits per heavy atom. The van der Waals surface area contributed by atoms with Crippen molar-refractivity contribution in [3.05, 3.63) is 48.0 Å². The van der Waals surface area contributed by atoms with Gasteiger partial charge in [-0.1, -0.05) is 17.4 Å². The summed E-state index contributed by atoms with van der Waals surface area (Å²) in [6.45, 7) is 1.33. The number of hydrogen-bond donors (Lipinski definition) is 0. The zero-order valence-electron chi connectivity index (χ0n) is 15.9. The Morgan fingerprint density at radius 1 is 1.07 bits per heavy atom. The summed E-state index contributed by atoms with van der Waals surface area (Å²) in [6, 6.07) is 13.1. The number of aromatic nitrogens is 1. The van der Waals surface area contributed by atoms with Crippen molar-refractivity contribution in [2.75, 3.05) is 27.3 Å². The van der Waals surface area contributed by atoms with Crippen LogP contribution in [0, 0.1) is 0 Å². The van der Waals surface area contributed by atoms with E-state index in [1.54, 1.807) is 20.3 Å². The first-order chi connectivity index (χ1) is 13.7. The van der Waals surface area contributed by atoms with Gasteiger partial charge in [0.1, 0.15) is 17.6 Å². The molecular formula is C21H22N2O4S. The van der Waals surface area contributed by atoms with Gasteiger partial charge in [-0.05, 0) is 36.4 Å². The van der Waals surface area contributed by atoms with Gasteiger partial charge in [0.2, 0.25) is 0 Å². The summed E-state index contributed by atoms with van der Waals surface area (Å²) >= 11 is 1.52. The predicted octanol–water partition coefficient (Wildman–Crippen LogP) is 4.00. The Labute approximate surface area is 167 Å². The van der Waals surface area contributed by atoms with Crippen LogP contribution in [-0.2, 0) is 0 Å². The molecule has 0 unspecified atom stereocenters. The van der Waals surface area contributed by atoms with Crippen LogP contribution in [0.1, 0.15) is 23.2 Å². The van der Waals surface area contributed by atoms with E-state index in [0.29, 0.717) is 29.6 Å². The second-order valence-electron chi connectivity index (χ2n) is 6.65. The zero-order chi connectivity index (χ0) is 19.5. The molecular weight excluding hydrogens is 376 g/mol. The number of methoxy groups -OCH3 is 2. The Balaban J connectivity index is 1.37. The fraction of sp³-hybridized carbons (Fsp3) is 0.333. The lowest BCUT2D eigenvalue weighted by Gasteiger charge is -2.31. The third-order valence-corrected chi connectivity index (χ3v) is 5.80. The molecule has 6 nitrogen and oxygen atoms in total. The maximum absolute atomic E-state index is 12.7. The van der Waals surface area contributed by atoms with E-state index in [9.17, 15) is 4.79 Å². The molecule has 2 heterocycles. The second kappa shape index (κ2) is 8.06. The van der Waals surface area contributed by atoms with Gasteiger partial charge in [0, 0.05) is 31.5 Å². The molecule has 0 bridgehead atoms. The highest BCUT2D eigenvalue weighted by atomic mass is 32.1. The molecule has 1 aliphatic heterocycles. The molecule has 1 saturated heterocycles. The molecule has 1 amide bonds. The number of carbonyl (C=O) groups is 1. The van der Waals surface area contributed by atoms with Gasteiger partial charge >= 0.3 is 0 Å². The summed E-state index contributed by atoms with van der Waals surface area (Å²) in [4.78, 5) is 19.1. The van der Waals surface area contributed by atoms with Crippen LogP contribution >= 0.6 is 11.3 Å². The maximum Gasteiger partial charge on any atom is 0.274 e. The van der Waals surface area contributed by atoms with E-state index < -0.39 is 0 Å². The summed E-state index contributed by atoms with van der Waals surface area (Å²) in [5.74, 6) is 1.54. The van der Waals surface area contributed by atoms with Crippen LogP contribution in [0.25, 0.3) is 10.2 Å². The number of fused-ring (bicyclic) bond motifs is 1. The minimum absolute atomic E-state index is 0.0319. The second-order valence-corrected chi connectivity index (χ2v) is 7.65. The first-order valence-corrected chi connectivity index (χ1v) is 10.0. The van der Waals surface area contributed by atoms with E-state index in [-0.39, 0.29) is 12.0 Å². The van der Waals surface area contributed by atoms with E-state index in [1.807, 2.05) is 41.3 Å². The van der Waals surface area contributed by atoms with E-state index in [2.05, 4.69) is 4.98 Å². The Hall–Kier alpha value is -2.80. The van der Waals surface area contributed by atoms with Gasteiger partial charge in [-0.15, -0.1) is 0 Å². The predicted molar refractivity (Wildman–Crippen MR) is 109 cm³/mol. The molecule has 1 aromatic heterocycles. The molecule has 0 saturated carbocycles. The van der Waals surface area contributed by atoms with Crippen molar-refractivity contribution < 1.29 is 19.0 Å². The van der Waals surface area contributed by atoms with Crippen LogP contribution in [0.5, 0.6) is 16.7 Å².